The van der Waals surface area contributed by atoms with Crippen LogP contribution in [0.5, 0.6) is 17.2 Å². The maximum Gasteiger partial charge on any atom is 0.513 e. The zero-order valence-electron chi connectivity index (χ0n) is 22.6. The lowest BCUT2D eigenvalue weighted by atomic mass is 9.82. The molecule has 10 nitrogen and oxygen atoms in total. The predicted molar refractivity (Wildman–Crippen MR) is 143 cm³/mol. The lowest BCUT2D eigenvalue weighted by Crippen LogP contribution is -2.40. The molecule has 10 heteroatoms. The Balaban J connectivity index is 2.29. The molecule has 0 fully saturated rings. The van der Waals surface area contributed by atoms with Gasteiger partial charge in [-0.05, 0) is 48.6 Å². The van der Waals surface area contributed by atoms with Crippen LogP contribution in [0.25, 0.3) is 0 Å². The number of hydrogen-bond acceptors (Lipinski definition) is 9. The number of rotatable bonds is 15. The van der Waals surface area contributed by atoms with Crippen LogP contribution in [0.2, 0.25) is 0 Å². The van der Waals surface area contributed by atoms with E-state index in [1.54, 1.807) is 43.3 Å². The maximum absolute atomic E-state index is 12.4. The molecule has 0 aliphatic carbocycles. The minimum atomic E-state index is -1.38. The van der Waals surface area contributed by atoms with Gasteiger partial charge >= 0.3 is 24.1 Å². The number of ether oxygens (including phenoxy) is 4. The topological polar surface area (TPSA) is 151 Å². The highest BCUT2D eigenvalue weighted by Crippen LogP contribution is 2.36. The summed E-state index contributed by atoms with van der Waals surface area (Å²) < 4.78 is 21.3. The predicted octanol–water partition coefficient (Wildman–Crippen LogP) is 5.23. The standard InChI is InChI=1S/C29H37NO9/c1-4-6-13-24(31)38-22-16-15-20(17-23(22)39-25(32)14-7-5-2)26(27(30)28(33)34)19(3)18-36-29(35)37-21-11-9-8-10-12-21/h8-12,15-17,19,26-27H,4-7,13-14,18,30H2,1-3H3,(H,33,34)/t19?,26?,27-/m0/s1. The fourth-order valence-corrected chi connectivity index (χ4v) is 3.85. The van der Waals surface area contributed by atoms with Crippen LogP contribution in [0.4, 0.5) is 4.79 Å². The zero-order valence-corrected chi connectivity index (χ0v) is 22.6. The second kappa shape index (κ2) is 16.1. The van der Waals surface area contributed by atoms with Crippen molar-refractivity contribution in [2.45, 2.75) is 71.3 Å². The number of carbonyl (C=O) groups is 4. The van der Waals surface area contributed by atoms with Crippen molar-refractivity contribution >= 4 is 24.1 Å². The number of carboxylic acids is 1. The molecule has 39 heavy (non-hydrogen) atoms. The molecule has 3 N–H and O–H groups in total. The molecule has 0 spiro atoms. The molecular weight excluding hydrogens is 506 g/mol. The van der Waals surface area contributed by atoms with E-state index in [-0.39, 0.29) is 30.9 Å². The third-order valence-electron chi connectivity index (χ3n) is 5.96. The van der Waals surface area contributed by atoms with Crippen molar-refractivity contribution in [2.24, 2.45) is 11.7 Å². The van der Waals surface area contributed by atoms with Crippen molar-refractivity contribution in [1.29, 1.82) is 0 Å². The normalized spacial score (nSPS) is 13.0. The van der Waals surface area contributed by atoms with Crippen LogP contribution in [-0.4, -0.2) is 41.8 Å². The summed E-state index contributed by atoms with van der Waals surface area (Å²) in [4.78, 5) is 48.7. The molecule has 0 aliphatic heterocycles. The van der Waals surface area contributed by atoms with Gasteiger partial charge in [0.2, 0.25) is 0 Å². The smallest absolute Gasteiger partial charge is 0.480 e. The number of unbranched alkanes of at least 4 members (excludes halogenated alkanes) is 2. The summed E-state index contributed by atoms with van der Waals surface area (Å²) in [5.41, 5.74) is 6.46. The van der Waals surface area contributed by atoms with Gasteiger partial charge in [0.25, 0.3) is 0 Å². The van der Waals surface area contributed by atoms with Gasteiger partial charge in [0.1, 0.15) is 11.8 Å². The van der Waals surface area contributed by atoms with Gasteiger partial charge in [-0.2, -0.15) is 0 Å². The van der Waals surface area contributed by atoms with Crippen LogP contribution in [0.1, 0.15) is 70.8 Å². The number of carbonyl (C=O) groups excluding carboxylic acids is 3. The van der Waals surface area contributed by atoms with Crippen molar-refractivity contribution in [3.8, 4) is 17.2 Å². The lowest BCUT2D eigenvalue weighted by molar-refractivity contribution is -0.139. The highest BCUT2D eigenvalue weighted by molar-refractivity contribution is 5.77. The van der Waals surface area contributed by atoms with Crippen LogP contribution in [0.15, 0.2) is 48.5 Å². The van der Waals surface area contributed by atoms with Crippen molar-refractivity contribution in [3.05, 3.63) is 54.1 Å². The summed E-state index contributed by atoms with van der Waals surface area (Å²) in [6.07, 6.45) is 2.26. The van der Waals surface area contributed by atoms with E-state index in [1.165, 1.54) is 12.1 Å². The number of benzene rings is 2. The van der Waals surface area contributed by atoms with E-state index in [4.69, 9.17) is 24.7 Å². The second-order valence-corrected chi connectivity index (χ2v) is 9.20. The minimum absolute atomic E-state index is 0.0161. The Morgan fingerprint density at radius 1 is 0.846 bits per heavy atom. The van der Waals surface area contributed by atoms with Crippen molar-refractivity contribution in [2.75, 3.05) is 6.61 Å². The first-order valence-corrected chi connectivity index (χ1v) is 13.1. The van der Waals surface area contributed by atoms with Gasteiger partial charge in [-0.15, -0.1) is 0 Å². The van der Waals surface area contributed by atoms with Gasteiger partial charge < -0.3 is 29.8 Å². The summed E-state index contributed by atoms with van der Waals surface area (Å²) in [6.45, 7) is 5.36. The molecule has 212 valence electrons. The fourth-order valence-electron chi connectivity index (χ4n) is 3.85. The van der Waals surface area contributed by atoms with Gasteiger partial charge in [0, 0.05) is 18.8 Å². The molecular formula is C29H37NO9. The molecule has 0 saturated carbocycles. The molecule has 0 aliphatic rings. The van der Waals surface area contributed by atoms with Crippen molar-refractivity contribution in [3.63, 3.8) is 0 Å². The highest BCUT2D eigenvalue weighted by Gasteiger charge is 2.33. The molecule has 0 saturated heterocycles. The summed E-state index contributed by atoms with van der Waals surface area (Å²) in [5.74, 6) is -3.37. The van der Waals surface area contributed by atoms with E-state index in [1.807, 2.05) is 13.8 Å². The Bertz CT molecular complexity index is 1100. The second-order valence-electron chi connectivity index (χ2n) is 9.20. The van der Waals surface area contributed by atoms with Gasteiger partial charge in [-0.3, -0.25) is 14.4 Å². The van der Waals surface area contributed by atoms with Crippen LogP contribution >= 0.6 is 0 Å². The number of esters is 2. The van der Waals surface area contributed by atoms with E-state index in [0.717, 1.165) is 12.8 Å². The van der Waals surface area contributed by atoms with E-state index in [9.17, 15) is 24.3 Å². The Kier molecular flexibility index (Phi) is 12.9. The molecule has 0 bridgehead atoms. The first kappa shape index (κ1) is 31.3. The van der Waals surface area contributed by atoms with E-state index in [0.29, 0.717) is 24.2 Å². The van der Waals surface area contributed by atoms with Crippen molar-refractivity contribution in [1.82, 2.24) is 0 Å². The number of carboxylic acid groups (broad SMARTS) is 1. The highest BCUT2D eigenvalue weighted by atomic mass is 16.7. The first-order valence-electron chi connectivity index (χ1n) is 13.1. The largest absolute Gasteiger partial charge is 0.513 e. The minimum Gasteiger partial charge on any atom is -0.480 e. The number of aliphatic carboxylic acids is 1. The first-order chi connectivity index (χ1) is 18.7. The van der Waals surface area contributed by atoms with E-state index >= 15 is 0 Å². The number of nitrogens with two attached hydrogens (primary N) is 1. The Hall–Kier alpha value is -3.92. The lowest BCUT2D eigenvalue weighted by Gasteiger charge is -2.28. The van der Waals surface area contributed by atoms with Crippen molar-refractivity contribution < 1.29 is 43.2 Å². The average molecular weight is 544 g/mol. The SMILES string of the molecule is CCCCC(=O)Oc1ccc(C(C(C)COC(=O)Oc2ccccc2)[C@H](N)C(=O)O)cc1OC(=O)CCCC. The van der Waals surface area contributed by atoms with Crippen LogP contribution in [0.3, 0.4) is 0 Å². The molecule has 0 amide bonds. The fraction of sp³-hybridized carbons (Fsp3) is 0.448. The zero-order chi connectivity index (χ0) is 28.8. The van der Waals surface area contributed by atoms with Crippen LogP contribution < -0.4 is 19.9 Å². The Labute approximate surface area is 228 Å². The van der Waals surface area contributed by atoms with E-state index in [2.05, 4.69) is 0 Å². The van der Waals surface area contributed by atoms with Gasteiger partial charge in [0.15, 0.2) is 11.5 Å². The van der Waals surface area contributed by atoms with Gasteiger partial charge in [0.05, 0.1) is 6.61 Å². The van der Waals surface area contributed by atoms with Gasteiger partial charge in [-0.1, -0.05) is 57.9 Å². The molecule has 2 aromatic carbocycles. The van der Waals surface area contributed by atoms with Crippen LogP contribution in [0, 0.1) is 5.92 Å². The van der Waals surface area contributed by atoms with Gasteiger partial charge in [-0.25, -0.2) is 4.79 Å². The Morgan fingerprint density at radius 2 is 1.44 bits per heavy atom. The summed E-state index contributed by atoms with van der Waals surface area (Å²) in [6, 6.07) is 11.4. The molecule has 3 atom stereocenters. The molecule has 2 unspecified atom stereocenters. The molecule has 0 radical (unpaired) electrons. The molecule has 0 heterocycles. The quantitative estimate of drug-likeness (QED) is 0.174. The van der Waals surface area contributed by atoms with E-state index < -0.39 is 41.9 Å². The molecule has 0 aromatic heterocycles. The average Bonchev–Trinajstić information content (AvgIpc) is 2.91. The monoisotopic (exact) mass is 543 g/mol. The summed E-state index contributed by atoms with van der Waals surface area (Å²) in [7, 11) is 0. The van der Waals surface area contributed by atoms with Crippen LogP contribution in [-0.2, 0) is 19.1 Å². The number of hydrogen-bond donors (Lipinski definition) is 2. The summed E-state index contributed by atoms with van der Waals surface area (Å²) in [5, 5.41) is 9.69. The third-order valence-corrected chi connectivity index (χ3v) is 5.96. The maximum atomic E-state index is 12.4. The molecule has 2 aromatic rings. The number of para-hydroxylation sites is 1. The Morgan fingerprint density at radius 3 is 2.00 bits per heavy atom. The molecule has 2 rings (SSSR count). The summed E-state index contributed by atoms with van der Waals surface area (Å²) >= 11 is 0. The third kappa shape index (κ3) is 10.4.